The summed E-state index contributed by atoms with van der Waals surface area (Å²) in [6.07, 6.45) is 2.64. The first kappa shape index (κ1) is 12.6. The van der Waals surface area contributed by atoms with E-state index in [1.165, 1.54) is 12.8 Å². The smallest absolute Gasteiger partial charge is 0.0786 e. The van der Waals surface area contributed by atoms with Crippen LogP contribution in [-0.4, -0.2) is 20.1 Å². The second kappa shape index (κ2) is 4.41. The van der Waals surface area contributed by atoms with Gasteiger partial charge in [-0.3, -0.25) is 0 Å². The fourth-order valence-corrected chi connectivity index (χ4v) is 2.47. The van der Waals surface area contributed by atoms with Crippen molar-refractivity contribution in [2.24, 2.45) is 5.41 Å². The maximum atomic E-state index is 6.26. The Kier molecular flexibility index (Phi) is 3.26. The molecule has 0 amide bonds. The Bertz CT molecular complexity index is 411. The van der Waals surface area contributed by atoms with Crippen LogP contribution in [0.1, 0.15) is 26.7 Å². The molecular weight excluding hydrogens is 232 g/mol. The van der Waals surface area contributed by atoms with Gasteiger partial charge in [0.2, 0.25) is 0 Å². The molecule has 0 spiro atoms. The Hall–Kier alpha value is -0.890. The fourth-order valence-electron chi connectivity index (χ4n) is 2.12. The third-order valence-corrected chi connectivity index (χ3v) is 4.20. The van der Waals surface area contributed by atoms with Crippen molar-refractivity contribution in [2.45, 2.75) is 32.7 Å². The first-order chi connectivity index (χ1) is 7.94. The summed E-state index contributed by atoms with van der Waals surface area (Å²) < 4.78 is 0. The van der Waals surface area contributed by atoms with Crippen LogP contribution in [0.5, 0.6) is 0 Å². The highest BCUT2D eigenvalue weighted by Gasteiger charge is 2.42. The molecule has 0 aromatic heterocycles. The Morgan fingerprint density at radius 1 is 1.35 bits per heavy atom. The molecule has 1 saturated carbocycles. The van der Waals surface area contributed by atoms with Crippen LogP contribution in [0.15, 0.2) is 18.2 Å². The average molecular weight is 253 g/mol. The molecule has 0 heterocycles. The van der Waals surface area contributed by atoms with Crippen molar-refractivity contribution in [1.29, 1.82) is 0 Å². The lowest BCUT2D eigenvalue weighted by molar-refractivity contribution is 0.493. The highest BCUT2D eigenvalue weighted by molar-refractivity contribution is 6.34. The van der Waals surface area contributed by atoms with Crippen molar-refractivity contribution < 1.29 is 0 Å². The summed E-state index contributed by atoms with van der Waals surface area (Å²) in [5, 5.41) is 4.41. The molecule has 0 aliphatic heterocycles. The summed E-state index contributed by atoms with van der Waals surface area (Å²) in [4.78, 5) is 2.06. The van der Waals surface area contributed by atoms with Gasteiger partial charge in [-0.15, -0.1) is 0 Å². The zero-order chi connectivity index (χ0) is 12.6. The van der Waals surface area contributed by atoms with Crippen molar-refractivity contribution in [3.8, 4) is 0 Å². The van der Waals surface area contributed by atoms with Gasteiger partial charge < -0.3 is 10.2 Å². The molecule has 0 radical (unpaired) electrons. The molecule has 2 rings (SSSR count). The van der Waals surface area contributed by atoms with Crippen LogP contribution in [0.3, 0.4) is 0 Å². The van der Waals surface area contributed by atoms with Gasteiger partial charge in [-0.05, 0) is 37.3 Å². The zero-order valence-corrected chi connectivity index (χ0v) is 11.8. The number of hydrogen-bond acceptors (Lipinski definition) is 2. The van der Waals surface area contributed by atoms with Crippen molar-refractivity contribution in [3.05, 3.63) is 23.2 Å². The third-order valence-electron chi connectivity index (χ3n) is 3.89. The number of halogens is 1. The predicted molar refractivity (Wildman–Crippen MR) is 76.2 cm³/mol. The molecule has 1 atom stereocenters. The topological polar surface area (TPSA) is 15.3 Å². The molecule has 1 aromatic carbocycles. The van der Waals surface area contributed by atoms with Gasteiger partial charge in [0, 0.05) is 20.1 Å². The highest BCUT2D eigenvalue weighted by Crippen LogP contribution is 2.49. The number of nitrogens with one attached hydrogen (secondary N) is 1. The van der Waals surface area contributed by atoms with Gasteiger partial charge >= 0.3 is 0 Å². The zero-order valence-electron chi connectivity index (χ0n) is 11.0. The van der Waals surface area contributed by atoms with Gasteiger partial charge in [0.05, 0.1) is 16.4 Å². The second-order valence-corrected chi connectivity index (χ2v) is 5.96. The molecule has 1 aliphatic rings. The van der Waals surface area contributed by atoms with E-state index in [0.29, 0.717) is 11.5 Å². The van der Waals surface area contributed by atoms with Crippen LogP contribution < -0.4 is 10.2 Å². The summed E-state index contributed by atoms with van der Waals surface area (Å²) >= 11 is 6.26. The van der Waals surface area contributed by atoms with Gasteiger partial charge in [-0.25, -0.2) is 0 Å². The Morgan fingerprint density at radius 2 is 2.00 bits per heavy atom. The lowest BCUT2D eigenvalue weighted by atomic mass is 10.0. The number of anilines is 2. The predicted octanol–water partition coefficient (Wildman–Crippen LogP) is 4.01. The van der Waals surface area contributed by atoms with Gasteiger partial charge in [0.15, 0.2) is 0 Å². The normalized spacial score (nSPS) is 18.6. The average Bonchev–Trinajstić information content (AvgIpc) is 2.97. The number of nitrogens with zero attached hydrogens (tertiary/aromatic N) is 1. The van der Waals surface area contributed by atoms with Crippen molar-refractivity contribution in [1.82, 2.24) is 0 Å². The van der Waals surface area contributed by atoms with E-state index < -0.39 is 0 Å². The molecule has 1 aliphatic carbocycles. The summed E-state index contributed by atoms with van der Waals surface area (Å²) in [7, 11) is 4.05. The molecule has 1 unspecified atom stereocenters. The van der Waals surface area contributed by atoms with E-state index in [9.17, 15) is 0 Å². The summed E-state index contributed by atoms with van der Waals surface area (Å²) in [5.41, 5.74) is 2.67. The van der Waals surface area contributed by atoms with E-state index in [0.717, 1.165) is 16.4 Å². The number of hydrogen-bond donors (Lipinski definition) is 1. The molecule has 3 heteroatoms. The Labute approximate surface area is 109 Å². The van der Waals surface area contributed by atoms with Crippen LogP contribution in [0.4, 0.5) is 11.4 Å². The summed E-state index contributed by atoms with van der Waals surface area (Å²) in [6, 6.07) is 6.52. The van der Waals surface area contributed by atoms with E-state index in [1.807, 2.05) is 26.2 Å². The third kappa shape index (κ3) is 2.52. The standard InChI is InChI=1S/C14H21ClN2/c1-10(14(2)8-9-14)16-12-7-5-6-11(15)13(12)17(3)4/h5-7,10,16H,8-9H2,1-4H3. The molecule has 17 heavy (non-hydrogen) atoms. The minimum Gasteiger partial charge on any atom is -0.380 e. The van der Waals surface area contributed by atoms with Crippen molar-refractivity contribution in [2.75, 3.05) is 24.3 Å². The van der Waals surface area contributed by atoms with Gasteiger partial charge in [0.1, 0.15) is 0 Å². The first-order valence-electron chi connectivity index (χ1n) is 6.16. The fraction of sp³-hybridized carbons (Fsp3) is 0.571. The molecular formula is C14H21ClN2. The van der Waals surface area contributed by atoms with Crippen LogP contribution in [-0.2, 0) is 0 Å². The van der Waals surface area contributed by atoms with Crippen LogP contribution in [0.2, 0.25) is 5.02 Å². The molecule has 1 N–H and O–H groups in total. The highest BCUT2D eigenvalue weighted by atomic mass is 35.5. The minimum absolute atomic E-state index is 0.464. The van der Waals surface area contributed by atoms with Gasteiger partial charge in [-0.2, -0.15) is 0 Å². The van der Waals surface area contributed by atoms with E-state index in [-0.39, 0.29) is 0 Å². The van der Waals surface area contributed by atoms with E-state index in [4.69, 9.17) is 11.6 Å². The maximum Gasteiger partial charge on any atom is 0.0786 e. The SMILES string of the molecule is CC(Nc1cccc(Cl)c1N(C)C)C1(C)CC1. The number of para-hydroxylation sites is 1. The van der Waals surface area contributed by atoms with Crippen molar-refractivity contribution in [3.63, 3.8) is 0 Å². The summed E-state index contributed by atoms with van der Waals surface area (Å²) in [5.74, 6) is 0. The monoisotopic (exact) mass is 252 g/mol. The van der Waals surface area contributed by atoms with Gasteiger partial charge in [0.25, 0.3) is 0 Å². The van der Waals surface area contributed by atoms with Crippen molar-refractivity contribution >= 4 is 23.0 Å². The molecule has 0 bridgehead atoms. The molecule has 1 aromatic rings. The molecule has 2 nitrogen and oxygen atoms in total. The van der Waals surface area contributed by atoms with E-state index in [2.05, 4.69) is 30.1 Å². The number of benzene rings is 1. The number of rotatable bonds is 4. The van der Waals surface area contributed by atoms with E-state index >= 15 is 0 Å². The van der Waals surface area contributed by atoms with E-state index in [1.54, 1.807) is 0 Å². The Morgan fingerprint density at radius 3 is 2.53 bits per heavy atom. The summed E-state index contributed by atoms with van der Waals surface area (Å²) in [6.45, 7) is 4.60. The lowest BCUT2D eigenvalue weighted by Gasteiger charge is -2.26. The minimum atomic E-state index is 0.464. The van der Waals surface area contributed by atoms with Gasteiger partial charge in [-0.1, -0.05) is 24.6 Å². The lowest BCUT2D eigenvalue weighted by Crippen LogP contribution is -2.26. The molecule has 0 saturated heterocycles. The van der Waals surface area contributed by atoms with Crippen LogP contribution in [0, 0.1) is 5.41 Å². The van der Waals surface area contributed by atoms with Crippen LogP contribution in [0.25, 0.3) is 0 Å². The van der Waals surface area contributed by atoms with Crippen LogP contribution >= 0.6 is 11.6 Å². The first-order valence-corrected chi connectivity index (χ1v) is 6.54. The second-order valence-electron chi connectivity index (χ2n) is 5.55. The quantitative estimate of drug-likeness (QED) is 0.871. The molecule has 1 fully saturated rings. The Balaban J connectivity index is 2.23. The maximum absolute atomic E-state index is 6.26. The largest absolute Gasteiger partial charge is 0.380 e. The molecule has 94 valence electrons.